The number of nitrogens with one attached hydrogen (secondary N) is 1. The number of rotatable bonds is 11. The second-order valence-electron chi connectivity index (χ2n) is 8.13. The van der Waals surface area contributed by atoms with Crippen LogP contribution in [-0.4, -0.2) is 44.3 Å². The summed E-state index contributed by atoms with van der Waals surface area (Å²) in [4.78, 5) is 27.9. The molecule has 0 aromatic heterocycles. The van der Waals surface area contributed by atoms with Crippen LogP contribution in [0.4, 0.5) is 10.1 Å². The zero-order valence-electron chi connectivity index (χ0n) is 20.3. The van der Waals surface area contributed by atoms with Crippen molar-refractivity contribution in [1.29, 1.82) is 0 Å². The minimum Gasteiger partial charge on any atom is -0.355 e. The molecule has 0 radical (unpaired) electrons. The van der Waals surface area contributed by atoms with Gasteiger partial charge in [-0.2, -0.15) is 0 Å². The molecule has 3 rings (SSSR count). The Morgan fingerprint density at radius 2 is 1.47 bits per heavy atom. The molecule has 0 heterocycles. The average molecular weight is 512 g/mol. The van der Waals surface area contributed by atoms with Gasteiger partial charge in [-0.1, -0.05) is 55.5 Å². The molecular formula is C27H30FN3O4S. The third-order valence-electron chi connectivity index (χ3n) is 5.66. The van der Waals surface area contributed by atoms with Crippen molar-refractivity contribution >= 4 is 27.5 Å². The fourth-order valence-corrected chi connectivity index (χ4v) is 5.26. The fraction of sp³-hybridized carbons (Fsp3) is 0.259. The fourth-order valence-electron chi connectivity index (χ4n) is 3.85. The van der Waals surface area contributed by atoms with Crippen molar-refractivity contribution in [3.8, 4) is 0 Å². The molecule has 0 fully saturated rings. The Kier molecular flexibility index (Phi) is 9.19. The Morgan fingerprint density at radius 1 is 0.889 bits per heavy atom. The van der Waals surface area contributed by atoms with Crippen molar-refractivity contribution in [3.63, 3.8) is 0 Å². The molecule has 1 unspecified atom stereocenters. The molecule has 0 saturated carbocycles. The van der Waals surface area contributed by atoms with Crippen LogP contribution in [0.1, 0.15) is 25.8 Å². The highest BCUT2D eigenvalue weighted by atomic mass is 32.2. The van der Waals surface area contributed by atoms with Crippen molar-refractivity contribution in [2.45, 2.75) is 37.8 Å². The van der Waals surface area contributed by atoms with E-state index in [2.05, 4.69) is 5.32 Å². The molecule has 36 heavy (non-hydrogen) atoms. The van der Waals surface area contributed by atoms with Crippen molar-refractivity contribution in [2.75, 3.05) is 17.4 Å². The van der Waals surface area contributed by atoms with Crippen LogP contribution < -0.4 is 9.62 Å². The van der Waals surface area contributed by atoms with Gasteiger partial charge in [-0.25, -0.2) is 12.8 Å². The Bertz CT molecular complexity index is 1250. The molecule has 0 aliphatic carbocycles. The normalized spacial score (nSPS) is 12.0. The lowest BCUT2D eigenvalue weighted by atomic mass is 10.1. The van der Waals surface area contributed by atoms with Crippen molar-refractivity contribution in [3.05, 3.63) is 96.3 Å². The molecule has 9 heteroatoms. The van der Waals surface area contributed by atoms with Gasteiger partial charge < -0.3 is 10.2 Å². The standard InChI is InChI=1S/C27H30FN3O4S/c1-3-25(27(33)29-4-2)30(19-21-11-7-5-8-12-21)26(32)20-31(23-13-9-6-10-14-23)36(34,35)24-17-15-22(28)16-18-24/h5-18,25H,3-4,19-20H2,1-2H3,(H,29,33). The third-order valence-corrected chi connectivity index (χ3v) is 7.45. The van der Waals surface area contributed by atoms with Crippen molar-refractivity contribution in [2.24, 2.45) is 0 Å². The first-order chi connectivity index (χ1) is 17.3. The van der Waals surface area contributed by atoms with Gasteiger partial charge in [-0.15, -0.1) is 0 Å². The lowest BCUT2D eigenvalue weighted by Gasteiger charge is -2.33. The predicted octanol–water partition coefficient (Wildman–Crippen LogP) is 3.96. The van der Waals surface area contributed by atoms with E-state index in [1.807, 2.05) is 30.3 Å². The number of likely N-dealkylation sites (N-methyl/N-ethyl adjacent to an activating group) is 1. The van der Waals surface area contributed by atoms with Gasteiger partial charge in [0.05, 0.1) is 10.6 Å². The second-order valence-corrected chi connectivity index (χ2v) is 9.99. The maximum absolute atomic E-state index is 13.8. The minimum absolute atomic E-state index is 0.133. The number of nitrogens with zero attached hydrogens (tertiary/aromatic N) is 2. The summed E-state index contributed by atoms with van der Waals surface area (Å²) in [6, 6.07) is 21.1. The SMILES string of the molecule is CCNC(=O)C(CC)N(Cc1ccccc1)C(=O)CN(c1ccccc1)S(=O)(=O)c1ccc(F)cc1. The highest BCUT2D eigenvalue weighted by Crippen LogP contribution is 2.25. The summed E-state index contributed by atoms with van der Waals surface area (Å²) < 4.78 is 41.7. The second kappa shape index (κ2) is 12.3. The third kappa shape index (κ3) is 6.48. The van der Waals surface area contributed by atoms with Crippen molar-refractivity contribution < 1.29 is 22.4 Å². The van der Waals surface area contributed by atoms with Crippen LogP contribution in [-0.2, 0) is 26.2 Å². The van der Waals surface area contributed by atoms with Gasteiger partial charge in [-0.3, -0.25) is 13.9 Å². The lowest BCUT2D eigenvalue weighted by molar-refractivity contribution is -0.140. The molecule has 0 aliphatic heterocycles. The Labute approximate surface area is 211 Å². The highest BCUT2D eigenvalue weighted by molar-refractivity contribution is 7.92. The molecule has 2 amide bonds. The first kappa shape index (κ1) is 26.9. The Hall–Kier alpha value is -3.72. The minimum atomic E-state index is -4.22. The number of amides is 2. The molecule has 0 saturated heterocycles. The van der Waals surface area contributed by atoms with Gasteiger partial charge in [0.2, 0.25) is 11.8 Å². The largest absolute Gasteiger partial charge is 0.355 e. The first-order valence-electron chi connectivity index (χ1n) is 11.7. The molecule has 190 valence electrons. The van der Waals surface area contributed by atoms with E-state index >= 15 is 0 Å². The first-order valence-corrected chi connectivity index (χ1v) is 13.2. The molecule has 3 aromatic carbocycles. The van der Waals surface area contributed by atoms with E-state index in [1.165, 1.54) is 4.90 Å². The molecule has 7 nitrogen and oxygen atoms in total. The van der Waals surface area contributed by atoms with E-state index < -0.39 is 34.3 Å². The zero-order valence-corrected chi connectivity index (χ0v) is 21.1. The number of anilines is 1. The topological polar surface area (TPSA) is 86.8 Å². The number of sulfonamides is 1. The van der Waals surface area contributed by atoms with E-state index in [1.54, 1.807) is 44.2 Å². The van der Waals surface area contributed by atoms with Crippen LogP contribution in [0.2, 0.25) is 0 Å². The van der Waals surface area contributed by atoms with Gasteiger partial charge in [0.15, 0.2) is 0 Å². The van der Waals surface area contributed by atoms with Crippen LogP contribution in [0.15, 0.2) is 89.8 Å². The quantitative estimate of drug-likeness (QED) is 0.422. The smallest absolute Gasteiger partial charge is 0.264 e. The Morgan fingerprint density at radius 3 is 2.03 bits per heavy atom. The van der Waals surface area contributed by atoms with Crippen LogP contribution >= 0.6 is 0 Å². The van der Waals surface area contributed by atoms with Crippen LogP contribution in [0.3, 0.4) is 0 Å². The molecular weight excluding hydrogens is 481 g/mol. The van der Waals surface area contributed by atoms with Gasteiger partial charge in [0.25, 0.3) is 10.0 Å². The summed E-state index contributed by atoms with van der Waals surface area (Å²) in [5.74, 6) is -1.42. The van der Waals surface area contributed by atoms with Crippen molar-refractivity contribution in [1.82, 2.24) is 10.2 Å². The van der Waals surface area contributed by atoms with E-state index in [-0.39, 0.29) is 23.0 Å². The summed E-state index contributed by atoms with van der Waals surface area (Å²) in [6.07, 6.45) is 0.348. The average Bonchev–Trinajstić information content (AvgIpc) is 2.88. The summed E-state index contributed by atoms with van der Waals surface area (Å²) >= 11 is 0. The number of halogens is 1. The van der Waals surface area contributed by atoms with E-state index in [0.29, 0.717) is 13.0 Å². The van der Waals surface area contributed by atoms with Gasteiger partial charge in [0, 0.05) is 13.1 Å². The summed E-state index contributed by atoms with van der Waals surface area (Å²) in [7, 11) is -4.22. The maximum atomic E-state index is 13.8. The molecule has 0 spiro atoms. The zero-order chi connectivity index (χ0) is 26.1. The number of hydrogen-bond acceptors (Lipinski definition) is 4. The molecule has 1 atom stereocenters. The van der Waals surface area contributed by atoms with Crippen LogP contribution in [0, 0.1) is 5.82 Å². The van der Waals surface area contributed by atoms with Gasteiger partial charge >= 0.3 is 0 Å². The highest BCUT2D eigenvalue weighted by Gasteiger charge is 2.33. The Balaban J connectivity index is 2.02. The molecule has 1 N–H and O–H groups in total. The van der Waals surface area contributed by atoms with Gasteiger partial charge in [0.1, 0.15) is 18.4 Å². The summed E-state index contributed by atoms with van der Waals surface area (Å²) in [5, 5.41) is 2.76. The van der Waals surface area contributed by atoms with E-state index in [0.717, 1.165) is 34.1 Å². The van der Waals surface area contributed by atoms with Crippen LogP contribution in [0.25, 0.3) is 0 Å². The predicted molar refractivity (Wildman–Crippen MR) is 137 cm³/mol. The molecule has 3 aromatic rings. The summed E-state index contributed by atoms with van der Waals surface area (Å²) in [5.41, 5.74) is 1.09. The number of carbonyl (C=O) groups excluding carboxylic acids is 2. The number of para-hydroxylation sites is 1. The maximum Gasteiger partial charge on any atom is 0.264 e. The van der Waals surface area contributed by atoms with Crippen LogP contribution in [0.5, 0.6) is 0 Å². The van der Waals surface area contributed by atoms with E-state index in [9.17, 15) is 22.4 Å². The summed E-state index contributed by atoms with van der Waals surface area (Å²) in [6.45, 7) is 3.59. The number of benzene rings is 3. The molecule has 0 aliphatic rings. The van der Waals surface area contributed by atoms with Gasteiger partial charge in [-0.05, 0) is 55.3 Å². The van der Waals surface area contributed by atoms with E-state index in [4.69, 9.17) is 0 Å². The lowest BCUT2D eigenvalue weighted by Crippen LogP contribution is -2.52. The monoisotopic (exact) mass is 511 g/mol. The molecule has 0 bridgehead atoms. The number of carbonyl (C=O) groups is 2. The number of hydrogen-bond donors (Lipinski definition) is 1.